The molecule has 0 radical (unpaired) electrons. The molecule has 1 rings (SSSR count). The molecule has 0 aliphatic rings. The van der Waals surface area contributed by atoms with Gasteiger partial charge in [-0.25, -0.2) is 14.8 Å². The number of hydrogen-bond acceptors (Lipinski definition) is 4. The van der Waals surface area contributed by atoms with Crippen molar-refractivity contribution in [2.24, 2.45) is 0 Å². The van der Waals surface area contributed by atoms with Gasteiger partial charge >= 0.3 is 5.97 Å². The summed E-state index contributed by atoms with van der Waals surface area (Å²) in [5, 5.41) is 8.85. The molecule has 0 aromatic carbocycles. The van der Waals surface area contributed by atoms with E-state index in [1.165, 1.54) is 6.20 Å². The van der Waals surface area contributed by atoms with E-state index in [1.54, 1.807) is 0 Å². The molecule has 1 heterocycles. The summed E-state index contributed by atoms with van der Waals surface area (Å²) < 4.78 is 0. The Hall–Kier alpha value is -1.20. The Balaban J connectivity index is 2.83. The van der Waals surface area contributed by atoms with Gasteiger partial charge in [-0.05, 0) is 14.1 Å². The highest BCUT2D eigenvalue weighted by Gasteiger charge is 2.12. The van der Waals surface area contributed by atoms with E-state index in [-0.39, 0.29) is 10.7 Å². The van der Waals surface area contributed by atoms with E-state index in [4.69, 9.17) is 16.7 Å². The molecule has 5 nitrogen and oxygen atoms in total. The van der Waals surface area contributed by atoms with E-state index in [1.807, 2.05) is 19.0 Å². The topological polar surface area (TPSA) is 66.3 Å². The monoisotopic (exact) mass is 229 g/mol. The first-order valence-corrected chi connectivity index (χ1v) is 4.78. The van der Waals surface area contributed by atoms with Gasteiger partial charge in [0, 0.05) is 13.0 Å². The third kappa shape index (κ3) is 3.45. The van der Waals surface area contributed by atoms with E-state index in [2.05, 4.69) is 9.97 Å². The number of aromatic nitrogens is 2. The van der Waals surface area contributed by atoms with Gasteiger partial charge in [0.25, 0.3) is 0 Å². The maximum atomic E-state index is 10.7. The van der Waals surface area contributed by atoms with Crippen LogP contribution in [0.1, 0.15) is 16.3 Å². The minimum absolute atomic E-state index is 0.0658. The van der Waals surface area contributed by atoms with Crippen molar-refractivity contribution in [3.8, 4) is 0 Å². The van der Waals surface area contributed by atoms with Crippen molar-refractivity contribution >= 4 is 17.6 Å². The van der Waals surface area contributed by atoms with Crippen LogP contribution in [-0.4, -0.2) is 46.6 Å². The summed E-state index contributed by atoms with van der Waals surface area (Å²) in [5.41, 5.74) is -0.138. The van der Waals surface area contributed by atoms with Crippen LogP contribution < -0.4 is 0 Å². The molecule has 6 heteroatoms. The lowest BCUT2D eigenvalue weighted by Gasteiger charge is -2.08. The molecule has 1 aromatic rings. The van der Waals surface area contributed by atoms with Crippen LogP contribution in [0.3, 0.4) is 0 Å². The van der Waals surface area contributed by atoms with Gasteiger partial charge in [-0.1, -0.05) is 11.6 Å². The molecule has 0 saturated carbocycles. The van der Waals surface area contributed by atoms with Crippen LogP contribution in [-0.2, 0) is 6.42 Å². The van der Waals surface area contributed by atoms with Gasteiger partial charge in [-0.3, -0.25) is 0 Å². The fourth-order valence-electron chi connectivity index (χ4n) is 0.998. The first kappa shape index (κ1) is 11.9. The Morgan fingerprint density at radius 1 is 1.60 bits per heavy atom. The summed E-state index contributed by atoms with van der Waals surface area (Å²) in [4.78, 5) is 20.5. The van der Waals surface area contributed by atoms with Gasteiger partial charge in [0.15, 0.2) is 5.69 Å². The highest BCUT2D eigenvalue weighted by Crippen LogP contribution is 2.12. The normalized spacial score (nSPS) is 10.7. The smallest absolute Gasteiger partial charge is 0.356 e. The standard InChI is InChI=1S/C9H12ClN3O2/c1-13(2)4-3-7-11-5-6(10)8(12-7)9(14)15/h5H,3-4H2,1-2H3,(H,14,15). The number of halogens is 1. The number of nitrogens with zero attached hydrogens (tertiary/aromatic N) is 3. The summed E-state index contributed by atoms with van der Waals surface area (Å²) in [6.45, 7) is 0.765. The van der Waals surface area contributed by atoms with E-state index in [0.717, 1.165) is 6.54 Å². The molecule has 0 bridgehead atoms. The Morgan fingerprint density at radius 3 is 2.80 bits per heavy atom. The Kier molecular flexibility index (Phi) is 3.99. The summed E-state index contributed by atoms with van der Waals surface area (Å²) in [7, 11) is 3.85. The van der Waals surface area contributed by atoms with Crippen molar-refractivity contribution in [3.05, 3.63) is 22.7 Å². The van der Waals surface area contributed by atoms with Crippen molar-refractivity contribution in [1.29, 1.82) is 0 Å². The third-order valence-corrected chi connectivity index (χ3v) is 2.06. The maximum Gasteiger partial charge on any atom is 0.356 e. The SMILES string of the molecule is CN(C)CCc1ncc(Cl)c(C(=O)O)n1. The molecule has 0 atom stereocenters. The van der Waals surface area contributed by atoms with Crippen molar-refractivity contribution in [2.75, 3.05) is 20.6 Å². The van der Waals surface area contributed by atoms with Gasteiger partial charge in [0.05, 0.1) is 11.2 Å². The number of likely N-dealkylation sites (N-methyl/N-ethyl adjacent to an activating group) is 1. The Morgan fingerprint density at radius 2 is 2.27 bits per heavy atom. The molecule has 1 aromatic heterocycles. The molecular weight excluding hydrogens is 218 g/mol. The fraction of sp³-hybridized carbons (Fsp3) is 0.444. The van der Waals surface area contributed by atoms with Gasteiger partial charge in [-0.15, -0.1) is 0 Å². The summed E-state index contributed by atoms with van der Waals surface area (Å²) in [6, 6.07) is 0. The summed E-state index contributed by atoms with van der Waals surface area (Å²) >= 11 is 5.64. The minimum Gasteiger partial charge on any atom is -0.476 e. The molecule has 15 heavy (non-hydrogen) atoms. The van der Waals surface area contributed by atoms with Gasteiger partial charge in [0.2, 0.25) is 0 Å². The zero-order chi connectivity index (χ0) is 11.4. The first-order chi connectivity index (χ1) is 7.00. The zero-order valence-electron chi connectivity index (χ0n) is 8.57. The number of carboxylic acids is 1. The Bertz CT molecular complexity index is 368. The molecule has 0 aliphatic heterocycles. The summed E-state index contributed by atoms with van der Waals surface area (Å²) in [6.07, 6.45) is 1.92. The quantitative estimate of drug-likeness (QED) is 0.832. The van der Waals surface area contributed by atoms with E-state index in [9.17, 15) is 4.79 Å². The molecule has 0 unspecified atom stereocenters. The average Bonchev–Trinajstić information content (AvgIpc) is 2.16. The average molecular weight is 230 g/mol. The predicted octanol–water partition coefficient (Wildman–Crippen LogP) is 0.932. The number of rotatable bonds is 4. The highest BCUT2D eigenvalue weighted by molar-refractivity contribution is 6.33. The van der Waals surface area contributed by atoms with Crippen LogP contribution in [0.2, 0.25) is 5.02 Å². The summed E-state index contributed by atoms with van der Waals surface area (Å²) in [5.74, 6) is -0.640. The molecule has 82 valence electrons. The molecular formula is C9H12ClN3O2. The molecule has 0 spiro atoms. The van der Waals surface area contributed by atoms with Crippen molar-refractivity contribution in [2.45, 2.75) is 6.42 Å². The van der Waals surface area contributed by atoms with Crippen molar-refractivity contribution in [3.63, 3.8) is 0 Å². The zero-order valence-corrected chi connectivity index (χ0v) is 9.32. The van der Waals surface area contributed by atoms with Crippen LogP contribution in [0.5, 0.6) is 0 Å². The lowest BCUT2D eigenvalue weighted by atomic mass is 10.3. The van der Waals surface area contributed by atoms with Gasteiger partial charge in [-0.2, -0.15) is 0 Å². The first-order valence-electron chi connectivity index (χ1n) is 4.40. The molecule has 0 amide bonds. The predicted molar refractivity (Wildman–Crippen MR) is 56.3 cm³/mol. The van der Waals surface area contributed by atoms with Gasteiger partial charge < -0.3 is 10.0 Å². The largest absolute Gasteiger partial charge is 0.476 e. The second-order valence-electron chi connectivity index (χ2n) is 3.34. The third-order valence-electron chi connectivity index (χ3n) is 1.78. The van der Waals surface area contributed by atoms with Crippen LogP contribution in [0.4, 0.5) is 0 Å². The molecule has 0 saturated heterocycles. The molecule has 1 N–H and O–H groups in total. The highest BCUT2D eigenvalue weighted by atomic mass is 35.5. The van der Waals surface area contributed by atoms with Crippen LogP contribution >= 0.6 is 11.6 Å². The fourth-order valence-corrected chi connectivity index (χ4v) is 1.17. The second kappa shape index (κ2) is 5.04. The van der Waals surface area contributed by atoms with Crippen molar-refractivity contribution < 1.29 is 9.90 Å². The Labute approximate surface area is 92.7 Å². The number of carboxylic acid groups (broad SMARTS) is 1. The molecule has 0 fully saturated rings. The van der Waals surface area contributed by atoms with Crippen LogP contribution in [0.15, 0.2) is 6.20 Å². The van der Waals surface area contributed by atoms with Crippen LogP contribution in [0.25, 0.3) is 0 Å². The number of hydrogen-bond donors (Lipinski definition) is 1. The van der Waals surface area contributed by atoms with E-state index < -0.39 is 5.97 Å². The van der Waals surface area contributed by atoms with Crippen molar-refractivity contribution in [1.82, 2.24) is 14.9 Å². The second-order valence-corrected chi connectivity index (χ2v) is 3.75. The lowest BCUT2D eigenvalue weighted by Crippen LogP contribution is -2.17. The minimum atomic E-state index is -1.13. The van der Waals surface area contributed by atoms with Gasteiger partial charge in [0.1, 0.15) is 5.82 Å². The number of aromatic carboxylic acids is 1. The lowest BCUT2D eigenvalue weighted by molar-refractivity contribution is 0.0690. The maximum absolute atomic E-state index is 10.7. The van der Waals surface area contributed by atoms with Crippen LogP contribution in [0, 0.1) is 0 Å². The van der Waals surface area contributed by atoms with E-state index >= 15 is 0 Å². The number of carbonyl (C=O) groups is 1. The molecule has 0 aliphatic carbocycles. The van der Waals surface area contributed by atoms with E-state index in [0.29, 0.717) is 12.2 Å².